The molecule has 0 spiro atoms. The van der Waals surface area contributed by atoms with E-state index < -0.39 is 0 Å². The first kappa shape index (κ1) is 18.9. The molecule has 0 aliphatic carbocycles. The predicted octanol–water partition coefficient (Wildman–Crippen LogP) is 2.17. The molecule has 3 N–H and O–H groups in total. The van der Waals surface area contributed by atoms with Crippen LogP contribution in [0.25, 0.3) is 5.82 Å². The number of aliphatic hydroxyl groups excluding tert-OH is 1. The lowest BCUT2D eigenvalue weighted by atomic mass is 9.87. The summed E-state index contributed by atoms with van der Waals surface area (Å²) < 4.78 is 1.90. The van der Waals surface area contributed by atoms with Crippen LogP contribution >= 0.6 is 0 Å². The number of pyridine rings is 1. The zero-order valence-corrected chi connectivity index (χ0v) is 15.3. The minimum absolute atomic E-state index is 0.155. The minimum Gasteiger partial charge on any atom is -0.393 e. The molecule has 2 amide bonds. The van der Waals surface area contributed by atoms with Gasteiger partial charge in [0.15, 0.2) is 0 Å². The van der Waals surface area contributed by atoms with E-state index in [1.54, 1.807) is 19.3 Å². The van der Waals surface area contributed by atoms with Gasteiger partial charge in [-0.1, -0.05) is 19.9 Å². The lowest BCUT2D eigenvalue weighted by Crippen LogP contribution is -2.41. The van der Waals surface area contributed by atoms with Crippen LogP contribution in [0.3, 0.4) is 0 Å². The van der Waals surface area contributed by atoms with Crippen molar-refractivity contribution in [2.45, 2.75) is 46.8 Å². The van der Waals surface area contributed by atoms with Gasteiger partial charge in [-0.15, -0.1) is 0 Å². The van der Waals surface area contributed by atoms with E-state index in [0.29, 0.717) is 19.5 Å². The van der Waals surface area contributed by atoms with Crippen LogP contribution in [-0.2, 0) is 6.54 Å². The fourth-order valence-corrected chi connectivity index (χ4v) is 2.72. The number of aryl methyl sites for hydroxylation is 1. The first-order valence-electron chi connectivity index (χ1n) is 8.42. The summed E-state index contributed by atoms with van der Waals surface area (Å²) in [4.78, 5) is 20.5. The number of imidazole rings is 1. The number of aromatic nitrogens is 3. The van der Waals surface area contributed by atoms with Crippen LogP contribution in [0, 0.1) is 12.3 Å². The Morgan fingerprint density at radius 1 is 1.32 bits per heavy atom. The summed E-state index contributed by atoms with van der Waals surface area (Å²) in [6, 6.07) is 3.60. The standard InChI is InChI=1S/C18H27N5O2/c1-13(24)9-18(3,4)12-22-17(25)21-11-15-5-6-16(20-10-15)23-8-7-19-14(23)2/h5-8,10,13,24H,9,11-12H2,1-4H3,(H2,21,22,25). The van der Waals surface area contributed by atoms with Gasteiger partial charge in [-0.05, 0) is 37.3 Å². The highest BCUT2D eigenvalue weighted by molar-refractivity contribution is 5.73. The smallest absolute Gasteiger partial charge is 0.315 e. The molecule has 0 radical (unpaired) electrons. The second-order valence-corrected chi connectivity index (χ2v) is 7.12. The van der Waals surface area contributed by atoms with Gasteiger partial charge in [0.1, 0.15) is 11.6 Å². The Labute approximate surface area is 148 Å². The van der Waals surface area contributed by atoms with Gasteiger partial charge in [-0.3, -0.25) is 4.57 Å². The van der Waals surface area contributed by atoms with Crippen LogP contribution in [0.2, 0.25) is 0 Å². The molecule has 1 atom stereocenters. The highest BCUT2D eigenvalue weighted by Crippen LogP contribution is 2.20. The Morgan fingerprint density at radius 2 is 2.08 bits per heavy atom. The Hall–Kier alpha value is -2.41. The molecule has 0 saturated carbocycles. The van der Waals surface area contributed by atoms with E-state index in [1.807, 2.05) is 43.7 Å². The molecule has 0 aliphatic heterocycles. The number of urea groups is 1. The number of hydrogen-bond acceptors (Lipinski definition) is 4. The monoisotopic (exact) mass is 345 g/mol. The van der Waals surface area contributed by atoms with Crippen molar-refractivity contribution in [1.82, 2.24) is 25.2 Å². The molecule has 0 aliphatic rings. The lowest BCUT2D eigenvalue weighted by Gasteiger charge is -2.26. The van der Waals surface area contributed by atoms with E-state index >= 15 is 0 Å². The van der Waals surface area contributed by atoms with Crippen LogP contribution < -0.4 is 10.6 Å². The molecule has 2 heterocycles. The maximum absolute atomic E-state index is 11.9. The van der Waals surface area contributed by atoms with Crippen LogP contribution in [-0.4, -0.2) is 38.3 Å². The molecule has 7 nitrogen and oxygen atoms in total. The summed E-state index contributed by atoms with van der Waals surface area (Å²) in [5, 5.41) is 15.1. The van der Waals surface area contributed by atoms with Crippen molar-refractivity contribution in [3.05, 3.63) is 42.1 Å². The number of carbonyl (C=O) groups is 1. The van der Waals surface area contributed by atoms with Crippen molar-refractivity contribution in [3.63, 3.8) is 0 Å². The first-order chi connectivity index (χ1) is 11.8. The second-order valence-electron chi connectivity index (χ2n) is 7.12. The van der Waals surface area contributed by atoms with Gasteiger partial charge in [-0.25, -0.2) is 14.8 Å². The highest BCUT2D eigenvalue weighted by Gasteiger charge is 2.20. The molecular formula is C18H27N5O2. The summed E-state index contributed by atoms with van der Waals surface area (Å²) in [5.74, 6) is 1.67. The normalized spacial score (nSPS) is 12.7. The summed E-state index contributed by atoms with van der Waals surface area (Å²) in [6.45, 7) is 8.60. The highest BCUT2D eigenvalue weighted by atomic mass is 16.3. The van der Waals surface area contributed by atoms with Crippen molar-refractivity contribution < 1.29 is 9.90 Å². The van der Waals surface area contributed by atoms with Gasteiger partial charge in [0, 0.05) is 31.7 Å². The molecule has 2 rings (SSSR count). The Balaban J connectivity index is 1.81. The fourth-order valence-electron chi connectivity index (χ4n) is 2.72. The molecule has 1 unspecified atom stereocenters. The van der Waals surface area contributed by atoms with E-state index in [1.165, 1.54) is 0 Å². The van der Waals surface area contributed by atoms with Crippen molar-refractivity contribution in [2.24, 2.45) is 5.41 Å². The number of hydrogen-bond donors (Lipinski definition) is 3. The minimum atomic E-state index is -0.386. The number of aliphatic hydroxyl groups is 1. The third-order valence-electron chi connectivity index (χ3n) is 3.91. The van der Waals surface area contributed by atoms with Gasteiger partial charge in [0.2, 0.25) is 0 Å². The van der Waals surface area contributed by atoms with Crippen molar-refractivity contribution in [2.75, 3.05) is 6.54 Å². The summed E-state index contributed by atoms with van der Waals surface area (Å²) in [6.07, 6.45) is 5.58. The Bertz CT molecular complexity index is 692. The molecule has 2 aromatic rings. The van der Waals surface area contributed by atoms with Crippen molar-refractivity contribution in [1.29, 1.82) is 0 Å². The number of nitrogens with one attached hydrogen (secondary N) is 2. The molecule has 2 aromatic heterocycles. The van der Waals surface area contributed by atoms with Gasteiger partial charge in [-0.2, -0.15) is 0 Å². The zero-order chi connectivity index (χ0) is 18.4. The van der Waals surface area contributed by atoms with E-state index in [0.717, 1.165) is 17.2 Å². The topological polar surface area (TPSA) is 92.1 Å². The van der Waals surface area contributed by atoms with Crippen LogP contribution in [0.1, 0.15) is 38.6 Å². The maximum atomic E-state index is 11.9. The third kappa shape index (κ3) is 5.86. The van der Waals surface area contributed by atoms with E-state index in [-0.39, 0.29) is 17.6 Å². The van der Waals surface area contributed by atoms with Crippen LogP contribution in [0.5, 0.6) is 0 Å². The van der Waals surface area contributed by atoms with Gasteiger partial charge in [0.25, 0.3) is 0 Å². The number of carbonyl (C=O) groups excluding carboxylic acids is 1. The molecule has 0 saturated heterocycles. The largest absolute Gasteiger partial charge is 0.393 e. The first-order valence-corrected chi connectivity index (χ1v) is 8.42. The average Bonchev–Trinajstić information content (AvgIpc) is 2.96. The quantitative estimate of drug-likeness (QED) is 0.717. The van der Waals surface area contributed by atoms with Gasteiger partial charge >= 0.3 is 6.03 Å². The van der Waals surface area contributed by atoms with Crippen molar-refractivity contribution in [3.8, 4) is 5.82 Å². The second kappa shape index (κ2) is 8.11. The summed E-state index contributed by atoms with van der Waals surface area (Å²) >= 11 is 0. The molecule has 136 valence electrons. The SMILES string of the molecule is Cc1nccn1-c1ccc(CNC(=O)NCC(C)(C)CC(C)O)cn1. The van der Waals surface area contributed by atoms with Gasteiger partial charge < -0.3 is 15.7 Å². The van der Waals surface area contributed by atoms with Gasteiger partial charge in [0.05, 0.1) is 6.10 Å². The van der Waals surface area contributed by atoms with E-state index in [9.17, 15) is 9.90 Å². The third-order valence-corrected chi connectivity index (χ3v) is 3.91. The van der Waals surface area contributed by atoms with Crippen LogP contribution in [0.15, 0.2) is 30.7 Å². The van der Waals surface area contributed by atoms with Crippen molar-refractivity contribution >= 4 is 6.03 Å². The Morgan fingerprint density at radius 3 is 2.64 bits per heavy atom. The molecular weight excluding hydrogens is 318 g/mol. The number of rotatable bonds is 7. The molecule has 0 aromatic carbocycles. The summed E-state index contributed by atoms with van der Waals surface area (Å²) in [5.41, 5.74) is 0.761. The summed E-state index contributed by atoms with van der Waals surface area (Å²) in [7, 11) is 0. The molecule has 0 fully saturated rings. The van der Waals surface area contributed by atoms with Crippen LogP contribution in [0.4, 0.5) is 4.79 Å². The Kier molecular flexibility index (Phi) is 6.14. The zero-order valence-electron chi connectivity index (χ0n) is 15.3. The van der Waals surface area contributed by atoms with E-state index in [2.05, 4.69) is 20.6 Å². The average molecular weight is 345 g/mol. The fraction of sp³-hybridized carbons (Fsp3) is 0.500. The van der Waals surface area contributed by atoms with E-state index in [4.69, 9.17) is 0 Å². The molecule has 7 heteroatoms. The lowest BCUT2D eigenvalue weighted by molar-refractivity contribution is 0.129. The number of amides is 2. The number of nitrogens with zero attached hydrogens (tertiary/aromatic N) is 3. The maximum Gasteiger partial charge on any atom is 0.315 e. The molecule has 25 heavy (non-hydrogen) atoms. The predicted molar refractivity (Wildman–Crippen MR) is 96.4 cm³/mol. The molecule has 0 bridgehead atoms.